The quantitative estimate of drug-likeness (QED) is 0.469. The minimum absolute atomic E-state index is 0.0501. The normalized spacial score (nSPS) is 12.2. The topological polar surface area (TPSA) is 86.8 Å². The van der Waals surface area contributed by atoms with Crippen molar-refractivity contribution in [2.45, 2.75) is 39.3 Å². The Hall–Kier alpha value is -2.36. The lowest BCUT2D eigenvalue weighted by molar-refractivity contribution is -0.140. The Kier molecular flexibility index (Phi) is 10.1. The van der Waals surface area contributed by atoms with Gasteiger partial charge < -0.3 is 10.2 Å². The number of nitrogens with zero attached hydrogens (tertiary/aromatic N) is 2. The molecule has 2 aromatic rings. The first-order valence-corrected chi connectivity index (χ1v) is 13.3. The highest BCUT2D eigenvalue weighted by Gasteiger charge is 2.27. The van der Waals surface area contributed by atoms with E-state index < -0.39 is 21.9 Å². The number of nitrogens with one attached hydrogen (secondary N) is 1. The average molecular weight is 532 g/mol. The summed E-state index contributed by atoms with van der Waals surface area (Å²) in [5, 5.41) is 3.39. The Morgan fingerprint density at radius 2 is 1.79 bits per heavy atom. The molecule has 0 aliphatic carbocycles. The molecule has 0 saturated carbocycles. The monoisotopic (exact) mass is 531 g/mol. The van der Waals surface area contributed by atoms with Gasteiger partial charge in [0.05, 0.1) is 22.0 Å². The van der Waals surface area contributed by atoms with E-state index in [1.54, 1.807) is 32.0 Å². The van der Waals surface area contributed by atoms with Crippen molar-refractivity contribution in [2.24, 2.45) is 0 Å². The smallest absolute Gasteiger partial charge is 0.242 e. The van der Waals surface area contributed by atoms with Gasteiger partial charge in [-0.15, -0.1) is 0 Å². The second-order valence-corrected chi connectivity index (χ2v) is 10.5. The summed E-state index contributed by atoms with van der Waals surface area (Å²) in [4.78, 5) is 27.0. The first kappa shape index (κ1) is 27.9. The number of halogens is 3. The van der Waals surface area contributed by atoms with Crippen LogP contribution in [0.4, 0.5) is 10.1 Å². The number of sulfonamides is 1. The van der Waals surface area contributed by atoms with Gasteiger partial charge in [-0.05, 0) is 50.1 Å². The molecule has 0 aliphatic heterocycles. The van der Waals surface area contributed by atoms with Crippen LogP contribution in [0.1, 0.15) is 32.3 Å². The SMILES string of the molecule is CCNC(=O)[C@H](C)N(Cc1ccc(Cl)c(Cl)c1)C(=O)CCCN(c1ccccc1F)S(C)(=O)=O. The first-order chi connectivity index (χ1) is 16.0. The molecule has 0 bridgehead atoms. The van der Waals surface area contributed by atoms with E-state index in [2.05, 4.69) is 5.32 Å². The van der Waals surface area contributed by atoms with Gasteiger partial charge in [-0.25, -0.2) is 12.8 Å². The van der Waals surface area contributed by atoms with Crippen molar-refractivity contribution in [2.75, 3.05) is 23.7 Å². The molecule has 0 heterocycles. The molecule has 34 heavy (non-hydrogen) atoms. The van der Waals surface area contributed by atoms with Crippen LogP contribution in [0.5, 0.6) is 0 Å². The van der Waals surface area contributed by atoms with Crippen molar-refractivity contribution < 1.29 is 22.4 Å². The fourth-order valence-electron chi connectivity index (χ4n) is 3.38. The van der Waals surface area contributed by atoms with Gasteiger partial charge in [0.15, 0.2) is 0 Å². The molecule has 0 radical (unpaired) electrons. The summed E-state index contributed by atoms with van der Waals surface area (Å²) in [5.74, 6) is -1.35. The Morgan fingerprint density at radius 1 is 1.12 bits per heavy atom. The number of hydrogen-bond donors (Lipinski definition) is 1. The molecule has 1 atom stereocenters. The van der Waals surface area contributed by atoms with Crippen molar-refractivity contribution >= 4 is 50.7 Å². The van der Waals surface area contributed by atoms with E-state index in [4.69, 9.17) is 23.2 Å². The Bertz CT molecular complexity index is 1130. The Labute approximate surface area is 209 Å². The first-order valence-electron chi connectivity index (χ1n) is 10.7. The largest absolute Gasteiger partial charge is 0.355 e. The van der Waals surface area contributed by atoms with Crippen LogP contribution >= 0.6 is 23.2 Å². The summed E-state index contributed by atoms with van der Waals surface area (Å²) in [6, 6.07) is 9.70. The second-order valence-electron chi connectivity index (χ2n) is 7.73. The van der Waals surface area contributed by atoms with Gasteiger partial charge in [0.2, 0.25) is 21.8 Å². The van der Waals surface area contributed by atoms with Crippen LogP contribution in [-0.4, -0.2) is 50.5 Å². The maximum absolute atomic E-state index is 14.2. The highest BCUT2D eigenvalue weighted by Crippen LogP contribution is 2.25. The molecular weight excluding hydrogens is 504 g/mol. The fourth-order valence-corrected chi connectivity index (χ4v) is 4.66. The summed E-state index contributed by atoms with van der Waals surface area (Å²) >= 11 is 12.1. The van der Waals surface area contributed by atoms with Crippen LogP contribution in [-0.2, 0) is 26.2 Å². The zero-order chi connectivity index (χ0) is 25.5. The van der Waals surface area contributed by atoms with E-state index in [0.717, 1.165) is 10.6 Å². The molecule has 0 unspecified atom stereocenters. The lowest BCUT2D eigenvalue weighted by Crippen LogP contribution is -2.47. The molecular formula is C23H28Cl2FN3O4S. The average Bonchev–Trinajstić information content (AvgIpc) is 2.77. The summed E-state index contributed by atoms with van der Waals surface area (Å²) < 4.78 is 39.6. The summed E-state index contributed by atoms with van der Waals surface area (Å²) in [6.45, 7) is 3.81. The number of amides is 2. The van der Waals surface area contributed by atoms with E-state index in [1.807, 2.05) is 0 Å². The lowest BCUT2D eigenvalue weighted by Gasteiger charge is -2.29. The molecule has 0 spiro atoms. The van der Waals surface area contributed by atoms with E-state index in [9.17, 15) is 22.4 Å². The molecule has 186 valence electrons. The number of benzene rings is 2. The fraction of sp³-hybridized carbons (Fsp3) is 0.391. The number of para-hydroxylation sites is 1. The molecule has 0 aliphatic rings. The molecule has 7 nitrogen and oxygen atoms in total. The zero-order valence-corrected chi connectivity index (χ0v) is 21.6. The standard InChI is InChI=1S/C23H28Cl2FN3O4S/c1-4-27-23(31)16(2)28(15-17-11-12-18(24)19(25)14-17)22(30)10-7-13-29(34(3,32)33)21-9-6-5-8-20(21)26/h5-6,8-9,11-12,14,16H,4,7,10,13,15H2,1-3H3,(H,27,31)/t16-/m0/s1. The van der Waals surface area contributed by atoms with Gasteiger partial charge in [0, 0.05) is 26.1 Å². The van der Waals surface area contributed by atoms with Crippen molar-refractivity contribution in [1.29, 1.82) is 0 Å². The third kappa shape index (κ3) is 7.58. The summed E-state index contributed by atoms with van der Waals surface area (Å²) in [7, 11) is -3.78. The number of anilines is 1. The van der Waals surface area contributed by atoms with Crippen LogP contribution in [0, 0.1) is 5.82 Å². The van der Waals surface area contributed by atoms with Crippen LogP contribution in [0.25, 0.3) is 0 Å². The number of hydrogen-bond acceptors (Lipinski definition) is 4. The predicted octanol–water partition coefficient (Wildman–Crippen LogP) is 4.23. The van der Waals surface area contributed by atoms with Crippen molar-refractivity contribution in [1.82, 2.24) is 10.2 Å². The van der Waals surface area contributed by atoms with Gasteiger partial charge in [-0.2, -0.15) is 0 Å². The number of likely N-dealkylation sites (N-methyl/N-ethyl adjacent to an activating group) is 1. The predicted molar refractivity (Wildman–Crippen MR) is 133 cm³/mol. The molecule has 2 rings (SSSR count). The summed E-state index contributed by atoms with van der Waals surface area (Å²) in [6.07, 6.45) is 1.06. The van der Waals surface area contributed by atoms with Gasteiger partial charge in [-0.3, -0.25) is 13.9 Å². The summed E-state index contributed by atoms with van der Waals surface area (Å²) in [5.41, 5.74) is 0.601. The molecule has 1 N–H and O–H groups in total. The zero-order valence-electron chi connectivity index (χ0n) is 19.2. The maximum atomic E-state index is 14.2. The van der Waals surface area contributed by atoms with E-state index >= 15 is 0 Å². The van der Waals surface area contributed by atoms with Crippen LogP contribution in [0.2, 0.25) is 10.0 Å². The van der Waals surface area contributed by atoms with Crippen molar-refractivity contribution in [3.63, 3.8) is 0 Å². The van der Waals surface area contributed by atoms with E-state index in [-0.39, 0.29) is 43.4 Å². The minimum Gasteiger partial charge on any atom is -0.355 e. The molecule has 0 saturated heterocycles. The van der Waals surface area contributed by atoms with E-state index in [0.29, 0.717) is 22.2 Å². The van der Waals surface area contributed by atoms with Crippen molar-refractivity contribution in [3.05, 3.63) is 63.9 Å². The van der Waals surface area contributed by atoms with Crippen LogP contribution < -0.4 is 9.62 Å². The van der Waals surface area contributed by atoms with Gasteiger partial charge in [-0.1, -0.05) is 41.4 Å². The molecule has 2 amide bonds. The Balaban J connectivity index is 2.19. The van der Waals surface area contributed by atoms with Gasteiger partial charge >= 0.3 is 0 Å². The van der Waals surface area contributed by atoms with E-state index in [1.165, 1.54) is 29.2 Å². The number of carbonyl (C=O) groups is 2. The van der Waals surface area contributed by atoms with Gasteiger partial charge in [0.25, 0.3) is 0 Å². The van der Waals surface area contributed by atoms with Gasteiger partial charge in [0.1, 0.15) is 11.9 Å². The Morgan fingerprint density at radius 3 is 2.38 bits per heavy atom. The number of rotatable bonds is 11. The third-order valence-corrected chi connectivity index (χ3v) is 7.05. The minimum atomic E-state index is -3.78. The van der Waals surface area contributed by atoms with Crippen molar-refractivity contribution in [3.8, 4) is 0 Å². The third-order valence-electron chi connectivity index (χ3n) is 5.13. The second kappa shape index (κ2) is 12.4. The van der Waals surface area contributed by atoms with Crippen LogP contribution in [0.15, 0.2) is 42.5 Å². The maximum Gasteiger partial charge on any atom is 0.242 e. The molecule has 0 aromatic heterocycles. The molecule has 11 heteroatoms. The van der Waals surface area contributed by atoms with Crippen LogP contribution in [0.3, 0.4) is 0 Å². The molecule has 2 aromatic carbocycles. The highest BCUT2D eigenvalue weighted by molar-refractivity contribution is 7.92. The highest BCUT2D eigenvalue weighted by atomic mass is 35.5. The lowest BCUT2D eigenvalue weighted by atomic mass is 10.1. The molecule has 0 fully saturated rings. The number of carbonyl (C=O) groups excluding carboxylic acids is 2.